The van der Waals surface area contributed by atoms with Gasteiger partial charge in [0.25, 0.3) is 0 Å². The Morgan fingerprint density at radius 2 is 1.67 bits per heavy atom. The number of benzene rings is 1. The van der Waals surface area contributed by atoms with Crippen molar-refractivity contribution >= 4 is 5.97 Å². The Balaban J connectivity index is 2.04. The highest BCUT2D eigenvalue weighted by atomic mass is 19.1. The van der Waals surface area contributed by atoms with Gasteiger partial charge >= 0.3 is 5.97 Å². The molecular weight excluding hydrogens is 425 g/mol. The van der Waals surface area contributed by atoms with Gasteiger partial charge in [-0.25, -0.2) is 9.37 Å². The molecule has 33 heavy (non-hydrogen) atoms. The summed E-state index contributed by atoms with van der Waals surface area (Å²) < 4.78 is 15.7. The van der Waals surface area contributed by atoms with Crippen LogP contribution in [0.25, 0.3) is 22.5 Å². The Morgan fingerprint density at radius 3 is 2.24 bits per heavy atom. The van der Waals surface area contributed by atoms with E-state index in [0.29, 0.717) is 13.0 Å². The van der Waals surface area contributed by atoms with Crippen LogP contribution in [0.3, 0.4) is 0 Å². The molecule has 7 nitrogen and oxygen atoms in total. The lowest BCUT2D eigenvalue weighted by Crippen LogP contribution is -2.24. The zero-order valence-corrected chi connectivity index (χ0v) is 19.1. The van der Waals surface area contributed by atoms with Crippen molar-refractivity contribution in [3.63, 3.8) is 0 Å². The summed E-state index contributed by atoms with van der Waals surface area (Å²) in [5.41, 5.74) is 2.85. The molecule has 0 aliphatic carbocycles. The molecule has 2 heterocycles. The van der Waals surface area contributed by atoms with E-state index in [4.69, 9.17) is 10.1 Å². The molecule has 1 aromatic carbocycles. The highest BCUT2D eigenvalue weighted by Gasteiger charge is 2.28. The first kappa shape index (κ1) is 24.5. The minimum Gasteiger partial charge on any atom is -0.481 e. The van der Waals surface area contributed by atoms with E-state index in [2.05, 4.69) is 4.98 Å². The highest BCUT2D eigenvalue weighted by Crippen LogP contribution is 2.37. The van der Waals surface area contributed by atoms with Crippen molar-refractivity contribution in [2.75, 3.05) is 0 Å². The number of hydrogen-bond donors (Lipinski definition) is 3. The molecule has 3 aromatic rings. The van der Waals surface area contributed by atoms with Gasteiger partial charge in [0.15, 0.2) is 0 Å². The number of carboxylic acid groups (broad SMARTS) is 1. The first-order chi connectivity index (χ1) is 15.6. The zero-order valence-electron chi connectivity index (χ0n) is 19.1. The van der Waals surface area contributed by atoms with Crippen LogP contribution in [0.15, 0.2) is 48.8 Å². The largest absolute Gasteiger partial charge is 0.481 e. The van der Waals surface area contributed by atoms with Gasteiger partial charge < -0.3 is 19.9 Å². The second kappa shape index (κ2) is 10.2. The minimum atomic E-state index is -1.12. The predicted molar refractivity (Wildman–Crippen MR) is 123 cm³/mol. The maximum absolute atomic E-state index is 13.7. The van der Waals surface area contributed by atoms with Crippen LogP contribution >= 0.6 is 0 Å². The summed E-state index contributed by atoms with van der Waals surface area (Å²) in [5, 5.41) is 29.2. The van der Waals surface area contributed by atoms with Crippen molar-refractivity contribution in [1.29, 1.82) is 0 Å². The van der Waals surface area contributed by atoms with E-state index >= 15 is 0 Å². The van der Waals surface area contributed by atoms with Crippen molar-refractivity contribution < 1.29 is 24.5 Å². The molecule has 0 spiro atoms. The van der Waals surface area contributed by atoms with Crippen LogP contribution in [-0.4, -0.2) is 48.0 Å². The number of aliphatic hydroxyl groups is 2. The van der Waals surface area contributed by atoms with Gasteiger partial charge in [0.2, 0.25) is 0 Å². The number of nitrogens with zero attached hydrogens (tertiary/aromatic N) is 3. The van der Waals surface area contributed by atoms with E-state index < -0.39 is 24.6 Å². The quantitative estimate of drug-likeness (QED) is 0.450. The SMILES string of the molecule is CC(C)(C)c1nc(-c2ccncc2)c(-c2ccc(F)cc2)n1CC[C@@H](O)C[C@@H](O)CC(=O)O. The lowest BCUT2D eigenvalue weighted by atomic mass is 9.95. The average Bonchev–Trinajstić information content (AvgIpc) is 3.13. The van der Waals surface area contributed by atoms with E-state index in [1.165, 1.54) is 12.1 Å². The van der Waals surface area contributed by atoms with Crippen LogP contribution in [0.4, 0.5) is 4.39 Å². The third-order valence-corrected chi connectivity index (χ3v) is 5.35. The van der Waals surface area contributed by atoms with Crippen molar-refractivity contribution in [3.8, 4) is 22.5 Å². The van der Waals surface area contributed by atoms with Crippen molar-refractivity contribution in [2.45, 2.75) is 64.2 Å². The monoisotopic (exact) mass is 455 g/mol. The lowest BCUT2D eigenvalue weighted by Gasteiger charge is -2.23. The third kappa shape index (κ3) is 6.24. The van der Waals surface area contributed by atoms with Crippen LogP contribution in [0.1, 0.15) is 45.9 Å². The van der Waals surface area contributed by atoms with Gasteiger partial charge in [-0.05, 0) is 49.2 Å². The number of carbonyl (C=O) groups is 1. The standard InChI is InChI=1S/C25H30FN3O4/c1-25(2,3)24-28-22(16-8-11-27-12-9-16)23(17-4-6-18(26)7-5-17)29(24)13-10-19(30)14-20(31)15-21(32)33/h4-9,11-12,19-20,30-31H,10,13-15H2,1-3H3,(H,32,33)/t19-,20-/m1/s1. The smallest absolute Gasteiger partial charge is 0.305 e. The fourth-order valence-electron chi connectivity index (χ4n) is 3.85. The van der Waals surface area contributed by atoms with Crippen molar-refractivity contribution in [3.05, 3.63) is 60.4 Å². The van der Waals surface area contributed by atoms with Gasteiger partial charge in [-0.15, -0.1) is 0 Å². The molecule has 0 radical (unpaired) electrons. The van der Waals surface area contributed by atoms with Gasteiger partial charge in [-0.2, -0.15) is 0 Å². The zero-order chi connectivity index (χ0) is 24.2. The Morgan fingerprint density at radius 1 is 1.03 bits per heavy atom. The Hall–Kier alpha value is -3.10. The number of imidazole rings is 1. The summed E-state index contributed by atoms with van der Waals surface area (Å²) in [5.74, 6) is -0.652. The topological polar surface area (TPSA) is 108 Å². The van der Waals surface area contributed by atoms with Gasteiger partial charge in [0.05, 0.1) is 30.0 Å². The number of halogens is 1. The highest BCUT2D eigenvalue weighted by molar-refractivity contribution is 5.79. The van der Waals surface area contributed by atoms with Crippen LogP contribution < -0.4 is 0 Å². The fourth-order valence-corrected chi connectivity index (χ4v) is 3.85. The number of carboxylic acids is 1. The van der Waals surface area contributed by atoms with Gasteiger partial charge in [-0.1, -0.05) is 20.8 Å². The van der Waals surface area contributed by atoms with Crippen LogP contribution in [0, 0.1) is 5.82 Å². The fraction of sp³-hybridized carbons (Fsp3) is 0.400. The van der Waals surface area contributed by atoms with E-state index in [-0.39, 0.29) is 17.7 Å². The molecule has 2 atom stereocenters. The molecule has 0 amide bonds. The number of aliphatic carboxylic acids is 1. The number of aliphatic hydroxyl groups excluding tert-OH is 2. The van der Waals surface area contributed by atoms with Crippen LogP contribution in [0.2, 0.25) is 0 Å². The molecule has 0 saturated heterocycles. The molecular formula is C25H30FN3O4. The molecule has 0 saturated carbocycles. The number of pyridine rings is 1. The van der Waals surface area contributed by atoms with Gasteiger partial charge in [0.1, 0.15) is 11.6 Å². The molecule has 176 valence electrons. The molecule has 3 rings (SSSR count). The normalized spacial score (nSPS) is 13.6. The van der Waals surface area contributed by atoms with E-state index in [1.807, 2.05) is 37.5 Å². The van der Waals surface area contributed by atoms with Gasteiger partial charge in [0, 0.05) is 35.5 Å². The molecule has 0 unspecified atom stereocenters. The second-order valence-corrected chi connectivity index (χ2v) is 9.21. The Kier molecular flexibility index (Phi) is 7.61. The third-order valence-electron chi connectivity index (χ3n) is 5.35. The summed E-state index contributed by atoms with van der Waals surface area (Å²) in [6.07, 6.45) is 1.21. The van der Waals surface area contributed by atoms with Crippen LogP contribution in [-0.2, 0) is 16.8 Å². The summed E-state index contributed by atoms with van der Waals surface area (Å²) in [7, 11) is 0. The molecule has 0 fully saturated rings. The number of hydrogen-bond acceptors (Lipinski definition) is 5. The average molecular weight is 456 g/mol. The van der Waals surface area contributed by atoms with Crippen molar-refractivity contribution in [2.24, 2.45) is 0 Å². The van der Waals surface area contributed by atoms with E-state index in [9.17, 15) is 19.4 Å². The summed E-state index contributed by atoms with van der Waals surface area (Å²) in [4.78, 5) is 19.9. The minimum absolute atomic E-state index is 0.0328. The molecule has 2 aromatic heterocycles. The van der Waals surface area contributed by atoms with Crippen LogP contribution in [0.5, 0.6) is 0 Å². The maximum atomic E-state index is 13.7. The van der Waals surface area contributed by atoms with E-state index in [0.717, 1.165) is 28.3 Å². The van der Waals surface area contributed by atoms with E-state index in [1.54, 1.807) is 24.5 Å². The molecule has 0 bridgehead atoms. The maximum Gasteiger partial charge on any atom is 0.305 e. The summed E-state index contributed by atoms with van der Waals surface area (Å²) in [6, 6.07) is 9.93. The molecule has 0 aliphatic heterocycles. The predicted octanol–water partition coefficient (Wildman–Crippen LogP) is 4.03. The summed E-state index contributed by atoms with van der Waals surface area (Å²) in [6.45, 7) is 6.52. The number of rotatable bonds is 9. The Labute approximate surface area is 192 Å². The first-order valence-electron chi connectivity index (χ1n) is 10.9. The molecule has 8 heteroatoms. The Bertz CT molecular complexity index is 1080. The van der Waals surface area contributed by atoms with Gasteiger partial charge in [-0.3, -0.25) is 9.78 Å². The molecule has 0 aliphatic rings. The molecule has 3 N–H and O–H groups in total. The lowest BCUT2D eigenvalue weighted by molar-refractivity contribution is -0.139. The first-order valence-corrected chi connectivity index (χ1v) is 10.9. The van der Waals surface area contributed by atoms with Crippen molar-refractivity contribution in [1.82, 2.24) is 14.5 Å². The summed E-state index contributed by atoms with van der Waals surface area (Å²) >= 11 is 0. The number of aromatic nitrogens is 3. The second-order valence-electron chi connectivity index (χ2n) is 9.21.